The highest BCUT2D eigenvalue weighted by atomic mass is 19.1. The minimum absolute atomic E-state index is 0.0171. The van der Waals surface area contributed by atoms with Gasteiger partial charge in [0, 0.05) is 19.1 Å². The molecule has 8 nitrogen and oxygen atoms in total. The first-order chi connectivity index (χ1) is 13.6. The van der Waals surface area contributed by atoms with E-state index in [0.29, 0.717) is 31.6 Å². The average Bonchev–Trinajstić information content (AvgIpc) is 3.41. The molecule has 0 aliphatic carbocycles. The number of carbonyl (C=O) groups excluding carboxylic acids is 2. The number of halogens is 1. The van der Waals surface area contributed by atoms with Crippen molar-refractivity contribution < 1.29 is 18.4 Å². The predicted octanol–water partition coefficient (Wildman–Crippen LogP) is 2.03. The number of likely N-dealkylation sites (tertiary alicyclic amines) is 1. The van der Waals surface area contributed by atoms with Crippen LogP contribution >= 0.6 is 0 Å². The lowest BCUT2D eigenvalue weighted by atomic mass is 10.0. The lowest BCUT2D eigenvalue weighted by Gasteiger charge is -2.31. The highest BCUT2D eigenvalue weighted by Crippen LogP contribution is 2.15. The first-order valence-corrected chi connectivity index (χ1v) is 8.92. The monoisotopic (exact) mass is 383 g/mol. The smallest absolute Gasteiger partial charge is 0.287 e. The van der Waals surface area contributed by atoms with Crippen LogP contribution in [-0.4, -0.2) is 50.8 Å². The molecule has 9 heteroatoms. The Morgan fingerprint density at radius 3 is 2.57 bits per heavy atom. The number of furan rings is 1. The Morgan fingerprint density at radius 1 is 1.14 bits per heavy atom. The van der Waals surface area contributed by atoms with E-state index in [1.165, 1.54) is 29.3 Å². The molecule has 0 spiro atoms. The summed E-state index contributed by atoms with van der Waals surface area (Å²) in [6, 6.07) is 9.02. The number of benzene rings is 1. The number of carbonyl (C=O) groups is 2. The summed E-state index contributed by atoms with van der Waals surface area (Å²) >= 11 is 0. The van der Waals surface area contributed by atoms with E-state index < -0.39 is 0 Å². The second-order valence-electron chi connectivity index (χ2n) is 6.54. The lowest BCUT2D eigenvalue weighted by Crippen LogP contribution is -2.46. The van der Waals surface area contributed by atoms with Crippen molar-refractivity contribution in [3.63, 3.8) is 0 Å². The molecule has 0 bridgehead atoms. The van der Waals surface area contributed by atoms with Gasteiger partial charge in [0.2, 0.25) is 0 Å². The van der Waals surface area contributed by atoms with Crippen LogP contribution in [0.5, 0.6) is 0 Å². The molecule has 2 aromatic heterocycles. The SMILES string of the molecule is O=C(NC1CCN(C(=O)c2cn(-c3ccc(F)cc3)nn2)CC1)c1ccco1. The molecule has 1 aliphatic heterocycles. The number of piperidine rings is 1. The Kier molecular flexibility index (Phi) is 4.88. The Bertz CT molecular complexity index is 960. The molecule has 1 fully saturated rings. The van der Waals surface area contributed by atoms with Gasteiger partial charge in [0.25, 0.3) is 11.8 Å². The standard InChI is InChI=1S/C19H18FN5O3/c20-13-3-5-15(6-4-13)25-12-16(22-23-25)19(27)24-9-7-14(8-10-24)21-18(26)17-2-1-11-28-17/h1-6,11-12,14H,7-10H2,(H,21,26). The van der Waals surface area contributed by atoms with E-state index in [0.717, 1.165) is 0 Å². The fourth-order valence-corrected chi connectivity index (χ4v) is 3.14. The lowest BCUT2D eigenvalue weighted by molar-refractivity contribution is 0.0690. The van der Waals surface area contributed by atoms with E-state index in [2.05, 4.69) is 15.6 Å². The summed E-state index contributed by atoms with van der Waals surface area (Å²) < 4.78 is 19.5. The number of aromatic nitrogens is 3. The van der Waals surface area contributed by atoms with Crippen LogP contribution in [0, 0.1) is 5.82 Å². The van der Waals surface area contributed by atoms with Crippen LogP contribution in [0.3, 0.4) is 0 Å². The highest BCUT2D eigenvalue weighted by molar-refractivity contribution is 5.92. The van der Waals surface area contributed by atoms with E-state index in [9.17, 15) is 14.0 Å². The number of nitrogens with one attached hydrogen (secondary N) is 1. The van der Waals surface area contributed by atoms with Gasteiger partial charge in [0.1, 0.15) is 5.82 Å². The third-order valence-corrected chi connectivity index (χ3v) is 4.67. The maximum atomic E-state index is 13.0. The Balaban J connectivity index is 1.34. The van der Waals surface area contributed by atoms with Crippen LogP contribution < -0.4 is 5.32 Å². The van der Waals surface area contributed by atoms with Gasteiger partial charge in [-0.2, -0.15) is 0 Å². The van der Waals surface area contributed by atoms with Crippen LogP contribution in [0.25, 0.3) is 5.69 Å². The topological polar surface area (TPSA) is 93.3 Å². The van der Waals surface area contributed by atoms with Crippen LogP contribution in [-0.2, 0) is 0 Å². The molecule has 1 N–H and O–H groups in total. The van der Waals surface area contributed by atoms with E-state index in [-0.39, 0.29) is 35.1 Å². The van der Waals surface area contributed by atoms with Gasteiger partial charge in [-0.25, -0.2) is 9.07 Å². The van der Waals surface area contributed by atoms with E-state index in [1.54, 1.807) is 29.2 Å². The Hall–Kier alpha value is -3.49. The molecule has 0 saturated carbocycles. The van der Waals surface area contributed by atoms with Gasteiger partial charge < -0.3 is 14.6 Å². The van der Waals surface area contributed by atoms with Crippen molar-refractivity contribution in [3.8, 4) is 5.69 Å². The van der Waals surface area contributed by atoms with Crippen molar-refractivity contribution in [3.05, 3.63) is 66.1 Å². The van der Waals surface area contributed by atoms with Gasteiger partial charge in [-0.05, 0) is 49.2 Å². The summed E-state index contributed by atoms with van der Waals surface area (Å²) in [5.41, 5.74) is 0.842. The summed E-state index contributed by atoms with van der Waals surface area (Å²) in [7, 11) is 0. The van der Waals surface area contributed by atoms with Gasteiger partial charge >= 0.3 is 0 Å². The van der Waals surface area contributed by atoms with E-state index in [4.69, 9.17) is 4.42 Å². The molecule has 0 unspecified atom stereocenters. The molecule has 4 rings (SSSR count). The second kappa shape index (κ2) is 7.63. The number of rotatable bonds is 4. The maximum Gasteiger partial charge on any atom is 0.287 e. The summed E-state index contributed by atoms with van der Waals surface area (Å²) in [6.45, 7) is 1.01. The third kappa shape index (κ3) is 3.78. The maximum absolute atomic E-state index is 13.0. The molecule has 1 saturated heterocycles. The molecule has 2 amide bonds. The predicted molar refractivity (Wildman–Crippen MR) is 96.4 cm³/mol. The first-order valence-electron chi connectivity index (χ1n) is 8.92. The fourth-order valence-electron chi connectivity index (χ4n) is 3.14. The van der Waals surface area contributed by atoms with Crippen molar-refractivity contribution in [1.29, 1.82) is 0 Å². The fraction of sp³-hybridized carbons (Fsp3) is 0.263. The zero-order valence-corrected chi connectivity index (χ0v) is 14.9. The van der Waals surface area contributed by atoms with Gasteiger partial charge in [-0.3, -0.25) is 9.59 Å². The molecule has 1 aromatic carbocycles. The molecule has 3 heterocycles. The first kappa shape index (κ1) is 17.9. The summed E-state index contributed by atoms with van der Waals surface area (Å²) in [5, 5.41) is 10.8. The van der Waals surface area contributed by atoms with Gasteiger partial charge in [0.15, 0.2) is 11.5 Å². The van der Waals surface area contributed by atoms with Crippen molar-refractivity contribution >= 4 is 11.8 Å². The third-order valence-electron chi connectivity index (χ3n) is 4.67. The van der Waals surface area contributed by atoms with Crippen LogP contribution in [0.15, 0.2) is 53.3 Å². The molecule has 0 atom stereocenters. The van der Waals surface area contributed by atoms with Crippen LogP contribution in [0.4, 0.5) is 4.39 Å². The van der Waals surface area contributed by atoms with Crippen molar-refractivity contribution in [2.75, 3.05) is 13.1 Å². The van der Waals surface area contributed by atoms with Crippen LogP contribution in [0.2, 0.25) is 0 Å². The quantitative estimate of drug-likeness (QED) is 0.744. The van der Waals surface area contributed by atoms with Crippen molar-refractivity contribution in [2.45, 2.75) is 18.9 Å². The van der Waals surface area contributed by atoms with Crippen molar-refractivity contribution in [2.24, 2.45) is 0 Å². The molecule has 1 aliphatic rings. The number of amides is 2. The summed E-state index contributed by atoms with van der Waals surface area (Å²) in [5.74, 6) is -0.542. The van der Waals surface area contributed by atoms with E-state index >= 15 is 0 Å². The second-order valence-corrected chi connectivity index (χ2v) is 6.54. The van der Waals surface area contributed by atoms with E-state index in [1.807, 2.05) is 0 Å². The highest BCUT2D eigenvalue weighted by Gasteiger charge is 2.26. The van der Waals surface area contributed by atoms with Crippen molar-refractivity contribution in [1.82, 2.24) is 25.2 Å². The number of nitrogens with zero attached hydrogens (tertiary/aromatic N) is 4. The largest absolute Gasteiger partial charge is 0.459 e. The van der Waals surface area contributed by atoms with Gasteiger partial charge in [0.05, 0.1) is 18.1 Å². The normalized spacial score (nSPS) is 14.8. The Morgan fingerprint density at radius 2 is 1.89 bits per heavy atom. The molecular weight excluding hydrogens is 365 g/mol. The molecule has 28 heavy (non-hydrogen) atoms. The minimum atomic E-state index is -0.345. The van der Waals surface area contributed by atoms with Gasteiger partial charge in [-0.1, -0.05) is 5.21 Å². The number of hydrogen-bond donors (Lipinski definition) is 1. The molecular formula is C19H18FN5O3. The molecule has 144 valence electrons. The number of hydrogen-bond acceptors (Lipinski definition) is 5. The summed E-state index contributed by atoms with van der Waals surface area (Å²) in [4.78, 5) is 26.4. The summed E-state index contributed by atoms with van der Waals surface area (Å²) in [6.07, 6.45) is 4.27. The zero-order valence-electron chi connectivity index (χ0n) is 14.9. The minimum Gasteiger partial charge on any atom is -0.459 e. The average molecular weight is 383 g/mol. The molecule has 0 radical (unpaired) electrons. The van der Waals surface area contributed by atoms with Gasteiger partial charge in [-0.15, -0.1) is 5.10 Å². The molecule has 3 aromatic rings. The zero-order chi connectivity index (χ0) is 19.5. The van der Waals surface area contributed by atoms with Crippen LogP contribution in [0.1, 0.15) is 33.9 Å². The Labute approximate surface area is 159 Å².